The van der Waals surface area contributed by atoms with Gasteiger partial charge < -0.3 is 0 Å². The monoisotopic (exact) mass is 318 g/mol. The largest absolute Gasteiger partial charge is 0.0776 e. The molecular formula is C23H42. The Hall–Kier alpha value is -1.56. The molecule has 0 saturated carbocycles. The van der Waals surface area contributed by atoms with E-state index in [0.717, 1.165) is 0 Å². The normalized spacial score (nSPS) is 9.70. The highest BCUT2D eigenvalue weighted by Crippen LogP contribution is 2.32. The van der Waals surface area contributed by atoms with E-state index in [1.54, 1.807) is 0 Å². The molecule has 0 aromatic heterocycles. The molecule has 0 N–H and O–H groups in total. The van der Waals surface area contributed by atoms with Gasteiger partial charge in [0.2, 0.25) is 0 Å². The first-order chi connectivity index (χ1) is 8.74. The maximum absolute atomic E-state index is 2.33. The fraction of sp³-hybridized carbons (Fsp3) is 0.478. The van der Waals surface area contributed by atoms with E-state index in [4.69, 9.17) is 0 Å². The lowest BCUT2D eigenvalue weighted by Crippen LogP contribution is -1.97. The first kappa shape index (κ1) is 29.5. The molecule has 0 heterocycles. The molecule has 2 aromatic rings. The summed E-state index contributed by atoms with van der Waals surface area (Å²) in [5.74, 6) is 0.630. The number of aryl methyl sites for hydroxylation is 1. The van der Waals surface area contributed by atoms with E-state index < -0.39 is 0 Å². The van der Waals surface area contributed by atoms with E-state index >= 15 is 0 Å². The molecule has 0 fully saturated rings. The lowest BCUT2D eigenvalue weighted by atomic mass is 9.88. The van der Waals surface area contributed by atoms with Crippen LogP contribution in [0.5, 0.6) is 0 Å². The van der Waals surface area contributed by atoms with Gasteiger partial charge in [0.1, 0.15) is 0 Å². The highest BCUT2D eigenvalue weighted by molar-refractivity contribution is 5.71. The third kappa shape index (κ3) is 7.03. The van der Waals surface area contributed by atoms with Gasteiger partial charge in [-0.2, -0.15) is 0 Å². The van der Waals surface area contributed by atoms with Gasteiger partial charge in [-0.1, -0.05) is 106 Å². The second kappa shape index (κ2) is 14.1. The first-order valence-electron chi connectivity index (χ1n) is 6.89. The maximum atomic E-state index is 2.33. The number of hydrogen-bond acceptors (Lipinski definition) is 0. The van der Waals surface area contributed by atoms with Crippen LogP contribution in [-0.2, 0) is 0 Å². The summed E-state index contributed by atoms with van der Waals surface area (Å²) in [4.78, 5) is 0. The minimum Gasteiger partial charge on any atom is -0.0776 e. The second-order valence-electron chi connectivity index (χ2n) is 5.09. The van der Waals surface area contributed by atoms with Crippen molar-refractivity contribution in [2.24, 2.45) is 0 Å². The number of hydrogen-bond donors (Lipinski definition) is 0. The topological polar surface area (TPSA) is 0 Å². The number of benzene rings is 2. The van der Waals surface area contributed by atoms with E-state index in [1.807, 2.05) is 0 Å². The van der Waals surface area contributed by atoms with Crippen LogP contribution in [0.1, 0.15) is 80.9 Å². The molecule has 134 valence electrons. The molecule has 23 heavy (non-hydrogen) atoms. The highest BCUT2D eigenvalue weighted by atomic mass is 14.2. The predicted molar refractivity (Wildman–Crippen MR) is 114 cm³/mol. The Morgan fingerprint density at radius 3 is 1.74 bits per heavy atom. The molecule has 0 saturated heterocycles. The zero-order valence-corrected chi connectivity index (χ0v) is 11.6. The third-order valence-electron chi connectivity index (χ3n) is 3.65. The second-order valence-corrected chi connectivity index (χ2v) is 5.09. The van der Waals surface area contributed by atoms with Crippen LogP contribution in [0.3, 0.4) is 0 Å². The molecule has 2 rings (SSSR count). The van der Waals surface area contributed by atoms with Crippen LogP contribution in [-0.4, -0.2) is 0 Å². The Labute approximate surface area is 148 Å². The molecule has 0 heteroatoms. The smallest absolute Gasteiger partial charge is 0.0147 e. The van der Waals surface area contributed by atoms with Crippen LogP contribution in [0, 0.1) is 6.92 Å². The average molecular weight is 319 g/mol. The zero-order valence-electron chi connectivity index (χ0n) is 11.6. The van der Waals surface area contributed by atoms with Crippen molar-refractivity contribution in [2.75, 3.05) is 0 Å². The van der Waals surface area contributed by atoms with Crippen molar-refractivity contribution >= 4 is 0 Å². The lowest BCUT2D eigenvalue weighted by Gasteiger charge is -2.17. The van der Waals surface area contributed by atoms with Crippen molar-refractivity contribution in [3.05, 3.63) is 59.7 Å². The Kier molecular flexibility index (Phi) is 18.0. The average Bonchev–Trinajstić information content (AvgIpc) is 2.40. The Bertz CT molecular complexity index is 511. The van der Waals surface area contributed by atoms with Crippen molar-refractivity contribution in [1.82, 2.24) is 0 Å². The first-order valence-corrected chi connectivity index (χ1v) is 6.89. The van der Waals surface area contributed by atoms with Gasteiger partial charge in [-0.3, -0.25) is 0 Å². The molecule has 0 spiro atoms. The molecule has 1 atom stereocenters. The van der Waals surface area contributed by atoms with Gasteiger partial charge in [0.05, 0.1) is 0 Å². The zero-order chi connectivity index (χ0) is 13.0. The molecule has 0 nitrogen and oxygen atoms in total. The summed E-state index contributed by atoms with van der Waals surface area (Å²) in [7, 11) is 0. The highest BCUT2D eigenvalue weighted by Gasteiger charge is 2.11. The van der Waals surface area contributed by atoms with Crippen molar-refractivity contribution in [3.8, 4) is 11.1 Å². The Morgan fingerprint density at radius 1 is 0.739 bits per heavy atom. The fourth-order valence-electron chi connectivity index (χ4n) is 2.64. The third-order valence-corrected chi connectivity index (χ3v) is 3.65. The molecular weight excluding hydrogens is 276 g/mol. The standard InChI is InChI=1S/C18H22.5CH4/c1-4-9-14(2)16-12-7-8-13-18(16)17-11-6-5-10-15(17)3;;;;;/h5-8,10-14H,4,9H2,1-3H3;5*1H4. The molecule has 0 radical (unpaired) electrons. The van der Waals surface area contributed by atoms with E-state index in [1.165, 1.54) is 35.1 Å². The van der Waals surface area contributed by atoms with Crippen LogP contribution < -0.4 is 0 Å². The van der Waals surface area contributed by atoms with Gasteiger partial charge in [0, 0.05) is 0 Å². The van der Waals surface area contributed by atoms with E-state index in [2.05, 4.69) is 69.3 Å². The van der Waals surface area contributed by atoms with Gasteiger partial charge in [0.25, 0.3) is 0 Å². The van der Waals surface area contributed by atoms with Crippen molar-refractivity contribution in [2.45, 2.75) is 76.7 Å². The SMILES string of the molecule is C.C.C.C.C.CCCC(C)c1ccccc1-c1ccccc1C. The van der Waals surface area contributed by atoms with Crippen LogP contribution in [0.25, 0.3) is 11.1 Å². The molecule has 0 amide bonds. The fourth-order valence-corrected chi connectivity index (χ4v) is 2.64. The van der Waals surface area contributed by atoms with Crippen molar-refractivity contribution in [3.63, 3.8) is 0 Å². The summed E-state index contributed by atoms with van der Waals surface area (Å²) < 4.78 is 0. The minimum atomic E-state index is 0. The van der Waals surface area contributed by atoms with E-state index in [9.17, 15) is 0 Å². The Balaban J connectivity index is -0.000000361. The summed E-state index contributed by atoms with van der Waals surface area (Å²) in [5, 5.41) is 0. The molecule has 1 unspecified atom stereocenters. The van der Waals surface area contributed by atoms with Crippen LogP contribution >= 0.6 is 0 Å². The van der Waals surface area contributed by atoms with Gasteiger partial charge in [0.15, 0.2) is 0 Å². The Morgan fingerprint density at radius 2 is 1.22 bits per heavy atom. The molecule has 0 aliphatic carbocycles. The minimum absolute atomic E-state index is 0. The van der Waals surface area contributed by atoms with Crippen LogP contribution in [0.4, 0.5) is 0 Å². The molecule has 2 aromatic carbocycles. The van der Waals surface area contributed by atoms with E-state index in [0.29, 0.717) is 5.92 Å². The maximum Gasteiger partial charge on any atom is -0.0147 e. The summed E-state index contributed by atoms with van der Waals surface area (Å²) in [5.41, 5.74) is 5.61. The van der Waals surface area contributed by atoms with Gasteiger partial charge >= 0.3 is 0 Å². The lowest BCUT2D eigenvalue weighted by molar-refractivity contribution is 0.666. The molecule has 0 aliphatic heterocycles. The van der Waals surface area contributed by atoms with Crippen LogP contribution in [0.15, 0.2) is 48.5 Å². The van der Waals surface area contributed by atoms with Crippen molar-refractivity contribution in [1.29, 1.82) is 0 Å². The quantitative estimate of drug-likeness (QED) is 0.528. The summed E-state index contributed by atoms with van der Waals surface area (Å²) in [6.45, 7) is 6.78. The van der Waals surface area contributed by atoms with E-state index in [-0.39, 0.29) is 37.1 Å². The van der Waals surface area contributed by atoms with Gasteiger partial charge in [-0.25, -0.2) is 0 Å². The summed E-state index contributed by atoms with van der Waals surface area (Å²) in [6.07, 6.45) is 2.49. The van der Waals surface area contributed by atoms with Gasteiger partial charge in [-0.05, 0) is 41.5 Å². The number of rotatable bonds is 4. The van der Waals surface area contributed by atoms with Crippen molar-refractivity contribution < 1.29 is 0 Å². The molecule has 0 aliphatic rings. The summed E-state index contributed by atoms with van der Waals surface area (Å²) >= 11 is 0. The van der Waals surface area contributed by atoms with Crippen LogP contribution in [0.2, 0.25) is 0 Å². The van der Waals surface area contributed by atoms with Gasteiger partial charge in [-0.15, -0.1) is 0 Å². The molecule has 0 bridgehead atoms. The summed E-state index contributed by atoms with van der Waals surface area (Å²) in [6, 6.07) is 17.5. The predicted octanol–water partition coefficient (Wildman–Crippen LogP) is 8.75.